The Morgan fingerprint density at radius 3 is 2.50 bits per heavy atom. The molecule has 0 radical (unpaired) electrons. The highest BCUT2D eigenvalue weighted by molar-refractivity contribution is 5.97. The van der Waals surface area contributed by atoms with Crippen molar-refractivity contribution in [3.8, 4) is 0 Å². The lowest BCUT2D eigenvalue weighted by molar-refractivity contribution is -0.119. The fourth-order valence-electron chi connectivity index (χ4n) is 3.67. The van der Waals surface area contributed by atoms with Gasteiger partial charge in [0.1, 0.15) is 0 Å². The third kappa shape index (κ3) is 3.69. The van der Waals surface area contributed by atoms with E-state index >= 15 is 0 Å². The summed E-state index contributed by atoms with van der Waals surface area (Å²) in [6.07, 6.45) is 2.03. The Kier molecular flexibility index (Phi) is 5.20. The largest absolute Gasteiger partial charge is 0.351 e. The molecule has 6 heteroatoms. The van der Waals surface area contributed by atoms with Crippen LogP contribution >= 0.6 is 0 Å². The molecule has 0 spiro atoms. The molecule has 2 aromatic rings. The van der Waals surface area contributed by atoms with Crippen molar-refractivity contribution in [3.63, 3.8) is 0 Å². The number of fused-ring (bicyclic) bond motifs is 1. The Morgan fingerprint density at radius 1 is 1.15 bits per heavy atom. The fraction of sp³-hybridized carbons (Fsp3) is 0.500. The molecule has 2 atom stereocenters. The lowest BCUT2D eigenvalue weighted by atomic mass is 9.98. The van der Waals surface area contributed by atoms with Crippen LogP contribution in [-0.2, 0) is 4.79 Å². The highest BCUT2D eigenvalue weighted by Crippen LogP contribution is 2.24. The number of amides is 2. The maximum Gasteiger partial charge on any atom is 0.254 e. The standard InChI is InChI=1S/C20H26N4O2/c1-5-6-16-10-24(11-19(16)23-14(4)25)20(26)15-7-8-17-18(9-15)22-13(3)12(2)21-17/h7-9,16,19H,5-6,10-11H2,1-4H3,(H,23,25). The van der Waals surface area contributed by atoms with E-state index in [-0.39, 0.29) is 17.9 Å². The molecule has 1 aromatic carbocycles. The van der Waals surface area contributed by atoms with E-state index in [1.165, 1.54) is 6.92 Å². The van der Waals surface area contributed by atoms with Crippen molar-refractivity contribution in [1.82, 2.24) is 20.2 Å². The molecule has 1 N–H and O–H groups in total. The van der Waals surface area contributed by atoms with Gasteiger partial charge in [0.05, 0.1) is 28.5 Å². The number of benzene rings is 1. The molecule has 2 amide bonds. The molecule has 1 saturated heterocycles. The number of carbonyl (C=O) groups excluding carboxylic acids is 2. The van der Waals surface area contributed by atoms with E-state index in [9.17, 15) is 9.59 Å². The first-order valence-electron chi connectivity index (χ1n) is 9.20. The maximum atomic E-state index is 13.0. The molecule has 3 rings (SSSR count). The SMILES string of the molecule is CCCC1CN(C(=O)c2ccc3nc(C)c(C)nc3c2)CC1NC(C)=O. The van der Waals surface area contributed by atoms with E-state index in [1.54, 1.807) is 0 Å². The molecule has 0 aliphatic carbocycles. The lowest BCUT2D eigenvalue weighted by Crippen LogP contribution is -2.39. The van der Waals surface area contributed by atoms with E-state index in [4.69, 9.17) is 0 Å². The Hall–Kier alpha value is -2.50. The number of aryl methyl sites for hydroxylation is 2. The van der Waals surface area contributed by atoms with Crippen molar-refractivity contribution in [2.75, 3.05) is 13.1 Å². The molecule has 1 aliphatic heterocycles. The van der Waals surface area contributed by atoms with E-state index in [0.717, 1.165) is 35.3 Å². The molecule has 1 fully saturated rings. The van der Waals surface area contributed by atoms with Crippen LogP contribution in [0, 0.1) is 19.8 Å². The van der Waals surface area contributed by atoms with Gasteiger partial charge in [0.25, 0.3) is 5.91 Å². The van der Waals surface area contributed by atoms with Crippen LogP contribution < -0.4 is 5.32 Å². The van der Waals surface area contributed by atoms with Crippen LogP contribution in [0.15, 0.2) is 18.2 Å². The summed E-state index contributed by atoms with van der Waals surface area (Å²) in [5.41, 5.74) is 3.93. The van der Waals surface area contributed by atoms with Crippen LogP contribution in [0.2, 0.25) is 0 Å². The van der Waals surface area contributed by atoms with Crippen molar-refractivity contribution in [3.05, 3.63) is 35.2 Å². The summed E-state index contributed by atoms with van der Waals surface area (Å²) in [7, 11) is 0. The minimum atomic E-state index is -0.0442. The van der Waals surface area contributed by atoms with Gasteiger partial charge in [-0.15, -0.1) is 0 Å². The third-order valence-electron chi connectivity index (χ3n) is 5.10. The molecule has 26 heavy (non-hydrogen) atoms. The number of nitrogens with one attached hydrogen (secondary N) is 1. The topological polar surface area (TPSA) is 75.2 Å². The first-order chi connectivity index (χ1) is 12.4. The summed E-state index contributed by atoms with van der Waals surface area (Å²) in [5, 5.41) is 3.00. The van der Waals surface area contributed by atoms with E-state index < -0.39 is 0 Å². The number of likely N-dealkylation sites (tertiary alicyclic amines) is 1. The molecule has 1 aromatic heterocycles. The van der Waals surface area contributed by atoms with Gasteiger partial charge in [0.15, 0.2) is 0 Å². The Labute approximate surface area is 154 Å². The zero-order valence-electron chi connectivity index (χ0n) is 15.9. The highest BCUT2D eigenvalue weighted by Gasteiger charge is 2.35. The van der Waals surface area contributed by atoms with E-state index in [2.05, 4.69) is 22.2 Å². The molecule has 2 heterocycles. The van der Waals surface area contributed by atoms with Crippen LogP contribution in [0.25, 0.3) is 11.0 Å². The van der Waals surface area contributed by atoms with Gasteiger partial charge in [-0.1, -0.05) is 13.3 Å². The second-order valence-corrected chi connectivity index (χ2v) is 7.16. The number of carbonyl (C=O) groups is 2. The molecule has 0 bridgehead atoms. The first kappa shape index (κ1) is 18.3. The Bertz CT molecular complexity index is 849. The zero-order chi connectivity index (χ0) is 18.8. The lowest BCUT2D eigenvalue weighted by Gasteiger charge is -2.17. The molecule has 0 saturated carbocycles. The Balaban J connectivity index is 1.83. The van der Waals surface area contributed by atoms with Crippen LogP contribution in [0.5, 0.6) is 0 Å². The average Bonchev–Trinajstić information content (AvgIpc) is 2.97. The molecule has 1 aliphatic rings. The van der Waals surface area contributed by atoms with E-state index in [0.29, 0.717) is 24.6 Å². The van der Waals surface area contributed by atoms with Crippen LogP contribution in [0.3, 0.4) is 0 Å². The summed E-state index contributed by atoms with van der Waals surface area (Å²) < 4.78 is 0. The van der Waals surface area contributed by atoms with Crippen molar-refractivity contribution in [1.29, 1.82) is 0 Å². The summed E-state index contributed by atoms with van der Waals surface area (Å²) in [5.74, 6) is 0.246. The van der Waals surface area contributed by atoms with E-state index in [1.807, 2.05) is 36.9 Å². The first-order valence-corrected chi connectivity index (χ1v) is 9.20. The Morgan fingerprint density at radius 2 is 1.85 bits per heavy atom. The molecular weight excluding hydrogens is 328 g/mol. The quantitative estimate of drug-likeness (QED) is 0.916. The predicted molar refractivity (Wildman–Crippen MR) is 101 cm³/mol. The van der Waals surface area contributed by atoms with Crippen molar-refractivity contribution >= 4 is 22.8 Å². The van der Waals surface area contributed by atoms with Gasteiger partial charge in [-0.2, -0.15) is 0 Å². The summed E-state index contributed by atoms with van der Waals surface area (Å²) in [6.45, 7) is 8.74. The number of nitrogens with zero attached hydrogens (tertiary/aromatic N) is 3. The van der Waals surface area contributed by atoms with Crippen molar-refractivity contribution in [2.24, 2.45) is 5.92 Å². The second kappa shape index (κ2) is 7.40. The zero-order valence-corrected chi connectivity index (χ0v) is 15.9. The van der Waals surface area contributed by atoms with Crippen LogP contribution in [0.4, 0.5) is 0 Å². The minimum absolute atomic E-state index is 0.0131. The average molecular weight is 354 g/mol. The smallest absolute Gasteiger partial charge is 0.254 e. The number of rotatable bonds is 4. The monoisotopic (exact) mass is 354 g/mol. The highest BCUT2D eigenvalue weighted by atomic mass is 16.2. The fourth-order valence-corrected chi connectivity index (χ4v) is 3.67. The summed E-state index contributed by atoms with van der Waals surface area (Å²) >= 11 is 0. The number of hydrogen-bond acceptors (Lipinski definition) is 4. The number of aromatic nitrogens is 2. The van der Waals surface area contributed by atoms with Gasteiger partial charge in [-0.25, -0.2) is 9.97 Å². The molecule has 2 unspecified atom stereocenters. The van der Waals surface area contributed by atoms with Gasteiger partial charge in [0, 0.05) is 25.6 Å². The van der Waals surface area contributed by atoms with Gasteiger partial charge in [-0.3, -0.25) is 9.59 Å². The van der Waals surface area contributed by atoms with Gasteiger partial charge < -0.3 is 10.2 Å². The second-order valence-electron chi connectivity index (χ2n) is 7.16. The van der Waals surface area contributed by atoms with Crippen molar-refractivity contribution in [2.45, 2.75) is 46.6 Å². The molecule has 138 valence electrons. The van der Waals surface area contributed by atoms with Gasteiger partial charge >= 0.3 is 0 Å². The van der Waals surface area contributed by atoms with Crippen LogP contribution in [-0.4, -0.2) is 45.8 Å². The maximum absolute atomic E-state index is 13.0. The predicted octanol–water partition coefficient (Wildman–Crippen LogP) is 2.62. The van der Waals surface area contributed by atoms with Crippen molar-refractivity contribution < 1.29 is 9.59 Å². The molecular formula is C20H26N4O2. The summed E-state index contributed by atoms with van der Waals surface area (Å²) in [4.78, 5) is 35.4. The minimum Gasteiger partial charge on any atom is -0.351 e. The van der Waals surface area contributed by atoms with Crippen LogP contribution in [0.1, 0.15) is 48.4 Å². The molecule has 6 nitrogen and oxygen atoms in total. The summed E-state index contributed by atoms with van der Waals surface area (Å²) in [6, 6.07) is 5.51. The normalized spacial score (nSPS) is 19.8. The third-order valence-corrected chi connectivity index (χ3v) is 5.10. The number of hydrogen-bond donors (Lipinski definition) is 1. The van der Waals surface area contributed by atoms with Gasteiger partial charge in [0.2, 0.25) is 5.91 Å². The van der Waals surface area contributed by atoms with Gasteiger partial charge in [-0.05, 0) is 44.4 Å².